The normalized spacial score (nSPS) is 32.5. The van der Waals surface area contributed by atoms with Crippen LogP contribution in [0.2, 0.25) is 0 Å². The molecule has 2 rings (SSSR count). The van der Waals surface area contributed by atoms with Crippen molar-refractivity contribution in [3.8, 4) is 0 Å². The van der Waals surface area contributed by atoms with Crippen LogP contribution in [0.5, 0.6) is 0 Å². The Labute approximate surface area is 90.0 Å². The van der Waals surface area contributed by atoms with Gasteiger partial charge in [0.25, 0.3) is 0 Å². The van der Waals surface area contributed by atoms with E-state index in [1.807, 2.05) is 13.8 Å². The molecule has 0 saturated carbocycles. The predicted molar refractivity (Wildman–Crippen MR) is 56.1 cm³/mol. The van der Waals surface area contributed by atoms with Crippen LogP contribution < -0.4 is 5.32 Å². The first-order valence-electron chi connectivity index (χ1n) is 5.76. The minimum Gasteiger partial charge on any atom is -0.342 e. The molecule has 1 N–H and O–H groups in total. The summed E-state index contributed by atoms with van der Waals surface area (Å²) in [5.74, 6) is 0.381. The van der Waals surface area contributed by atoms with E-state index >= 15 is 0 Å². The average Bonchev–Trinajstić information content (AvgIpc) is 2.71. The molecular formula is C11H18N2O2. The highest BCUT2D eigenvalue weighted by Crippen LogP contribution is 2.24. The molecule has 2 unspecified atom stereocenters. The zero-order chi connectivity index (χ0) is 11.0. The van der Waals surface area contributed by atoms with Gasteiger partial charge in [-0.15, -0.1) is 0 Å². The lowest BCUT2D eigenvalue weighted by Crippen LogP contribution is -2.62. The number of piperazine rings is 1. The molecule has 15 heavy (non-hydrogen) atoms. The molecule has 84 valence electrons. The fraction of sp³-hybridized carbons (Fsp3) is 0.818. The zero-order valence-electron chi connectivity index (χ0n) is 9.32. The minimum atomic E-state index is -0.295. The van der Waals surface area contributed by atoms with Gasteiger partial charge in [0.2, 0.25) is 11.8 Å². The van der Waals surface area contributed by atoms with Crippen molar-refractivity contribution in [2.45, 2.75) is 45.2 Å². The number of nitrogens with zero attached hydrogens (tertiary/aromatic N) is 1. The molecule has 0 aliphatic carbocycles. The number of nitrogens with one attached hydrogen (secondary N) is 1. The minimum absolute atomic E-state index is 0.0393. The molecule has 4 nitrogen and oxygen atoms in total. The number of amides is 2. The molecule has 0 bridgehead atoms. The molecular weight excluding hydrogens is 192 g/mol. The van der Waals surface area contributed by atoms with Gasteiger partial charge in [-0.2, -0.15) is 0 Å². The molecule has 2 heterocycles. The molecule has 0 radical (unpaired) electrons. The molecule has 3 atom stereocenters. The summed E-state index contributed by atoms with van der Waals surface area (Å²) in [6, 6.07) is -0.477. The van der Waals surface area contributed by atoms with Gasteiger partial charge in [0.1, 0.15) is 12.1 Å². The number of carbonyl (C=O) groups is 2. The standard InChI is InChI=1S/C11H18N2O2/c1-3-7(2)9-11(15)13-6-4-5-8(13)10(14)12-9/h7-9H,3-6H2,1-2H3,(H,12,14)/t7?,8?,9-/m0/s1. The summed E-state index contributed by atoms with van der Waals surface area (Å²) in [5, 5.41) is 2.86. The van der Waals surface area contributed by atoms with Crippen LogP contribution in [0.1, 0.15) is 33.1 Å². The molecule has 2 fully saturated rings. The van der Waals surface area contributed by atoms with Crippen molar-refractivity contribution in [2.75, 3.05) is 6.54 Å². The maximum Gasteiger partial charge on any atom is 0.246 e. The Morgan fingerprint density at radius 2 is 2.27 bits per heavy atom. The predicted octanol–water partition coefficient (Wildman–Crippen LogP) is 0.522. The van der Waals surface area contributed by atoms with Gasteiger partial charge in [0, 0.05) is 6.54 Å². The van der Waals surface area contributed by atoms with E-state index in [2.05, 4.69) is 5.32 Å². The van der Waals surface area contributed by atoms with E-state index in [9.17, 15) is 9.59 Å². The van der Waals surface area contributed by atoms with Crippen molar-refractivity contribution in [1.29, 1.82) is 0 Å². The van der Waals surface area contributed by atoms with E-state index in [1.165, 1.54) is 0 Å². The first kappa shape index (κ1) is 10.5. The quantitative estimate of drug-likeness (QED) is 0.722. The Bertz CT molecular complexity index is 290. The summed E-state index contributed by atoms with van der Waals surface area (Å²) in [6.07, 6.45) is 2.69. The van der Waals surface area contributed by atoms with Crippen LogP contribution in [-0.2, 0) is 9.59 Å². The lowest BCUT2D eigenvalue weighted by atomic mass is 9.95. The number of hydrogen-bond acceptors (Lipinski definition) is 2. The third-order valence-electron chi connectivity index (χ3n) is 3.62. The van der Waals surface area contributed by atoms with Crippen LogP contribution in [0, 0.1) is 5.92 Å². The van der Waals surface area contributed by atoms with Crippen molar-refractivity contribution in [1.82, 2.24) is 10.2 Å². The van der Waals surface area contributed by atoms with Gasteiger partial charge in [0.15, 0.2) is 0 Å². The lowest BCUT2D eigenvalue weighted by molar-refractivity contribution is -0.148. The number of rotatable bonds is 2. The molecule has 2 aliphatic rings. The highest BCUT2D eigenvalue weighted by atomic mass is 16.2. The van der Waals surface area contributed by atoms with Crippen molar-refractivity contribution in [3.63, 3.8) is 0 Å². The highest BCUT2D eigenvalue weighted by Gasteiger charge is 2.44. The SMILES string of the molecule is CCC(C)[C@@H]1NC(=O)C2CCCN2C1=O. The first-order chi connectivity index (χ1) is 7.15. The van der Waals surface area contributed by atoms with Crippen LogP contribution in [0.3, 0.4) is 0 Å². The first-order valence-corrected chi connectivity index (χ1v) is 5.76. The summed E-state index contributed by atoms with van der Waals surface area (Å²) in [7, 11) is 0. The molecule has 0 aromatic heterocycles. The van der Waals surface area contributed by atoms with Crippen molar-refractivity contribution in [2.24, 2.45) is 5.92 Å². The van der Waals surface area contributed by atoms with Crippen molar-refractivity contribution in [3.05, 3.63) is 0 Å². The molecule has 0 spiro atoms. The van der Waals surface area contributed by atoms with Crippen molar-refractivity contribution < 1.29 is 9.59 Å². The molecule has 2 aliphatic heterocycles. The van der Waals surface area contributed by atoms with E-state index in [0.717, 1.165) is 25.8 Å². The second-order valence-electron chi connectivity index (χ2n) is 4.56. The molecule has 2 saturated heterocycles. The summed E-state index contributed by atoms with van der Waals surface area (Å²) in [6.45, 7) is 4.81. The second-order valence-corrected chi connectivity index (χ2v) is 4.56. The Hall–Kier alpha value is -1.06. The largest absolute Gasteiger partial charge is 0.342 e. The molecule has 0 aromatic rings. The van der Waals surface area contributed by atoms with Crippen LogP contribution in [0.25, 0.3) is 0 Å². The smallest absolute Gasteiger partial charge is 0.246 e. The summed E-state index contributed by atoms with van der Waals surface area (Å²) >= 11 is 0. The van der Waals surface area contributed by atoms with Crippen LogP contribution in [0.15, 0.2) is 0 Å². The summed E-state index contributed by atoms with van der Waals surface area (Å²) < 4.78 is 0. The molecule has 0 aromatic carbocycles. The Morgan fingerprint density at radius 1 is 1.53 bits per heavy atom. The molecule has 4 heteroatoms. The van der Waals surface area contributed by atoms with Crippen LogP contribution in [-0.4, -0.2) is 35.3 Å². The zero-order valence-corrected chi connectivity index (χ0v) is 9.32. The van der Waals surface area contributed by atoms with E-state index in [4.69, 9.17) is 0 Å². The van der Waals surface area contributed by atoms with Crippen molar-refractivity contribution >= 4 is 11.8 Å². The van der Waals surface area contributed by atoms with Crippen LogP contribution in [0.4, 0.5) is 0 Å². The number of fused-ring (bicyclic) bond motifs is 1. The Kier molecular flexibility index (Phi) is 2.67. The highest BCUT2D eigenvalue weighted by molar-refractivity contribution is 5.97. The fourth-order valence-corrected chi connectivity index (χ4v) is 2.41. The molecule has 2 amide bonds. The Morgan fingerprint density at radius 3 is 2.93 bits per heavy atom. The van der Waals surface area contributed by atoms with Gasteiger partial charge < -0.3 is 10.2 Å². The summed E-state index contributed by atoms with van der Waals surface area (Å²) in [5.41, 5.74) is 0. The Balaban J connectivity index is 2.17. The topological polar surface area (TPSA) is 49.4 Å². The van der Waals surface area contributed by atoms with E-state index in [1.54, 1.807) is 4.90 Å². The lowest BCUT2D eigenvalue weighted by Gasteiger charge is -2.36. The third kappa shape index (κ3) is 1.62. The van der Waals surface area contributed by atoms with Gasteiger partial charge >= 0.3 is 0 Å². The maximum absolute atomic E-state index is 12.1. The van der Waals surface area contributed by atoms with Gasteiger partial charge in [-0.1, -0.05) is 20.3 Å². The number of carbonyl (C=O) groups excluding carboxylic acids is 2. The van der Waals surface area contributed by atoms with E-state index in [0.29, 0.717) is 0 Å². The van der Waals surface area contributed by atoms with E-state index in [-0.39, 0.29) is 29.8 Å². The third-order valence-corrected chi connectivity index (χ3v) is 3.62. The average molecular weight is 210 g/mol. The van der Waals surface area contributed by atoms with Crippen LogP contribution >= 0.6 is 0 Å². The van der Waals surface area contributed by atoms with Gasteiger partial charge in [-0.3, -0.25) is 9.59 Å². The van der Waals surface area contributed by atoms with Gasteiger partial charge in [0.05, 0.1) is 0 Å². The summed E-state index contributed by atoms with van der Waals surface area (Å²) in [4.78, 5) is 25.6. The monoisotopic (exact) mass is 210 g/mol. The fourth-order valence-electron chi connectivity index (χ4n) is 2.41. The maximum atomic E-state index is 12.1. The number of hydrogen-bond donors (Lipinski definition) is 1. The van der Waals surface area contributed by atoms with Gasteiger partial charge in [-0.25, -0.2) is 0 Å². The second kappa shape index (κ2) is 3.83. The van der Waals surface area contributed by atoms with Gasteiger partial charge in [-0.05, 0) is 18.8 Å². The van der Waals surface area contributed by atoms with E-state index < -0.39 is 0 Å².